The summed E-state index contributed by atoms with van der Waals surface area (Å²) in [6.45, 7) is 0.312. The zero-order chi connectivity index (χ0) is 21.8. The molecule has 0 heterocycles. The Hall–Kier alpha value is -2.96. The van der Waals surface area contributed by atoms with Crippen LogP contribution in [-0.2, 0) is 6.61 Å². The van der Waals surface area contributed by atoms with Gasteiger partial charge < -0.3 is 4.74 Å². The maximum Gasteiger partial charge on any atom is 0.157 e. The average Bonchev–Trinajstić information content (AvgIpc) is 2.78. The highest BCUT2D eigenvalue weighted by molar-refractivity contribution is 6.37. The molecule has 0 N–H and O–H groups in total. The van der Waals surface area contributed by atoms with Crippen molar-refractivity contribution >= 4 is 57.2 Å². The molecule has 4 aromatic carbocycles. The topological polar surface area (TPSA) is 33.0 Å². The van der Waals surface area contributed by atoms with E-state index >= 15 is 0 Å². The molecule has 0 aliphatic rings. The van der Waals surface area contributed by atoms with E-state index in [0.29, 0.717) is 33.0 Å². The molecule has 0 aliphatic heterocycles. The van der Waals surface area contributed by atoms with Crippen LogP contribution in [0.2, 0.25) is 15.1 Å². The van der Waals surface area contributed by atoms with Crippen molar-refractivity contribution in [3.05, 3.63) is 111 Å². The number of ether oxygens (including phenoxy) is 1. The Morgan fingerprint density at radius 1 is 0.839 bits per heavy atom. The summed E-state index contributed by atoms with van der Waals surface area (Å²) in [5.74, 6) is 0.402. The van der Waals surface area contributed by atoms with Crippen molar-refractivity contribution in [2.75, 3.05) is 0 Å². The molecule has 4 aromatic rings. The van der Waals surface area contributed by atoms with Gasteiger partial charge in [0.1, 0.15) is 6.61 Å². The van der Waals surface area contributed by atoms with Gasteiger partial charge in [0, 0.05) is 5.02 Å². The van der Waals surface area contributed by atoms with Crippen molar-refractivity contribution < 1.29 is 4.74 Å². The highest BCUT2D eigenvalue weighted by Crippen LogP contribution is 2.36. The normalized spacial score (nSPS) is 11.4. The minimum atomic E-state index is 0.312. The fourth-order valence-electron chi connectivity index (χ4n) is 3.24. The van der Waals surface area contributed by atoms with Gasteiger partial charge in [-0.25, -0.2) is 0 Å². The van der Waals surface area contributed by atoms with E-state index in [1.54, 1.807) is 30.3 Å². The lowest BCUT2D eigenvalue weighted by atomic mass is 10.00. The van der Waals surface area contributed by atoms with Gasteiger partial charge in [-0.3, -0.25) is 0 Å². The molecular formula is C26H16Cl3NO. The van der Waals surface area contributed by atoms with Crippen molar-refractivity contribution in [2.45, 2.75) is 6.61 Å². The summed E-state index contributed by atoms with van der Waals surface area (Å²) in [4.78, 5) is 0. The number of benzene rings is 4. The van der Waals surface area contributed by atoms with E-state index in [1.165, 1.54) is 0 Å². The number of fused-ring (bicyclic) bond motifs is 1. The predicted molar refractivity (Wildman–Crippen MR) is 130 cm³/mol. The quantitative estimate of drug-likeness (QED) is 0.219. The first-order chi connectivity index (χ1) is 15.0. The number of nitrogens with zero attached hydrogens (tertiary/aromatic N) is 1. The molecule has 0 aliphatic carbocycles. The van der Waals surface area contributed by atoms with Gasteiger partial charge in [-0.2, -0.15) is 5.26 Å². The fourth-order valence-corrected chi connectivity index (χ4v) is 3.98. The third kappa shape index (κ3) is 5.03. The summed E-state index contributed by atoms with van der Waals surface area (Å²) in [6.07, 6.45) is 1.77. The second kappa shape index (κ2) is 9.45. The first-order valence-corrected chi connectivity index (χ1v) is 10.6. The smallest absolute Gasteiger partial charge is 0.157 e. The highest BCUT2D eigenvalue weighted by atomic mass is 35.5. The standard InChI is InChI=1S/C26H16Cl3NO/c27-23-9-5-17(6-10-23)16-31-26-24(28)12-18(13-25(26)29)11-22(15-30)21-8-7-19-3-1-2-4-20(19)14-21/h1-14H,16H2. The predicted octanol–water partition coefficient (Wildman–Crippen LogP) is 8.44. The van der Waals surface area contributed by atoms with Gasteiger partial charge in [0.15, 0.2) is 5.75 Å². The molecule has 0 aromatic heterocycles. The zero-order valence-electron chi connectivity index (χ0n) is 16.3. The van der Waals surface area contributed by atoms with E-state index in [1.807, 2.05) is 54.6 Å². The molecule has 0 atom stereocenters. The second-order valence-corrected chi connectivity index (χ2v) is 8.21. The van der Waals surface area contributed by atoms with Gasteiger partial charge in [-0.05, 0) is 63.9 Å². The van der Waals surface area contributed by atoms with Gasteiger partial charge in [-0.1, -0.05) is 83.3 Å². The molecule has 0 fully saturated rings. The summed E-state index contributed by atoms with van der Waals surface area (Å²) in [7, 11) is 0. The summed E-state index contributed by atoms with van der Waals surface area (Å²) in [6, 6.07) is 27.1. The lowest BCUT2D eigenvalue weighted by Gasteiger charge is -2.11. The van der Waals surface area contributed by atoms with Crippen LogP contribution in [0.25, 0.3) is 22.4 Å². The Kier molecular flexibility index (Phi) is 6.49. The Bertz CT molecular complexity index is 1300. The van der Waals surface area contributed by atoms with E-state index < -0.39 is 0 Å². The van der Waals surface area contributed by atoms with Crippen molar-refractivity contribution in [2.24, 2.45) is 0 Å². The summed E-state index contributed by atoms with van der Waals surface area (Å²) in [5.41, 5.74) is 3.02. The van der Waals surface area contributed by atoms with Crippen LogP contribution in [0, 0.1) is 11.3 Å². The Morgan fingerprint density at radius 3 is 2.19 bits per heavy atom. The Labute approximate surface area is 195 Å². The van der Waals surface area contributed by atoms with Crippen molar-refractivity contribution in [3.63, 3.8) is 0 Å². The molecule has 0 radical (unpaired) electrons. The van der Waals surface area contributed by atoms with E-state index in [2.05, 4.69) is 6.07 Å². The van der Waals surface area contributed by atoms with Crippen LogP contribution in [0.4, 0.5) is 0 Å². The van der Waals surface area contributed by atoms with Crippen LogP contribution in [0.1, 0.15) is 16.7 Å². The lowest BCUT2D eigenvalue weighted by Crippen LogP contribution is -1.97. The molecule has 0 saturated carbocycles. The monoisotopic (exact) mass is 463 g/mol. The maximum atomic E-state index is 9.72. The minimum absolute atomic E-state index is 0.312. The number of allylic oxidation sites excluding steroid dienone is 1. The molecule has 0 amide bonds. The lowest BCUT2D eigenvalue weighted by molar-refractivity contribution is 0.306. The number of rotatable bonds is 5. The molecule has 31 heavy (non-hydrogen) atoms. The molecule has 152 valence electrons. The van der Waals surface area contributed by atoms with Crippen molar-refractivity contribution in [3.8, 4) is 11.8 Å². The van der Waals surface area contributed by atoms with Gasteiger partial charge in [0.2, 0.25) is 0 Å². The Balaban J connectivity index is 1.60. The van der Waals surface area contributed by atoms with Crippen molar-refractivity contribution in [1.29, 1.82) is 5.26 Å². The largest absolute Gasteiger partial charge is 0.486 e. The van der Waals surface area contributed by atoms with Gasteiger partial charge in [0.25, 0.3) is 0 Å². The molecular weight excluding hydrogens is 449 g/mol. The van der Waals surface area contributed by atoms with E-state index in [4.69, 9.17) is 39.5 Å². The highest BCUT2D eigenvalue weighted by Gasteiger charge is 2.11. The van der Waals surface area contributed by atoms with Gasteiger partial charge >= 0.3 is 0 Å². The van der Waals surface area contributed by atoms with Crippen LogP contribution in [0.15, 0.2) is 78.9 Å². The van der Waals surface area contributed by atoms with Crippen molar-refractivity contribution in [1.82, 2.24) is 0 Å². The molecule has 4 rings (SSSR count). The molecule has 5 heteroatoms. The molecule has 0 spiro atoms. The summed E-state index contributed by atoms with van der Waals surface area (Å²) >= 11 is 18.8. The number of hydrogen-bond acceptors (Lipinski definition) is 2. The van der Waals surface area contributed by atoms with Crippen LogP contribution in [0.3, 0.4) is 0 Å². The first kappa shape index (κ1) is 21.3. The van der Waals surface area contributed by atoms with Gasteiger partial charge in [0.05, 0.1) is 21.7 Å². The van der Waals surface area contributed by atoms with Gasteiger partial charge in [-0.15, -0.1) is 0 Å². The third-order valence-corrected chi connectivity index (χ3v) is 5.62. The van der Waals surface area contributed by atoms with Crippen LogP contribution in [-0.4, -0.2) is 0 Å². The Morgan fingerprint density at radius 2 is 1.52 bits per heavy atom. The third-order valence-electron chi connectivity index (χ3n) is 4.81. The fraction of sp³-hybridized carbons (Fsp3) is 0.0385. The maximum absolute atomic E-state index is 9.72. The minimum Gasteiger partial charge on any atom is -0.486 e. The molecule has 0 unspecified atom stereocenters. The first-order valence-electron chi connectivity index (χ1n) is 9.51. The van der Waals surface area contributed by atoms with Crippen LogP contribution < -0.4 is 4.74 Å². The number of halogens is 3. The van der Waals surface area contributed by atoms with Crippen LogP contribution >= 0.6 is 34.8 Å². The zero-order valence-corrected chi connectivity index (χ0v) is 18.5. The van der Waals surface area contributed by atoms with Crippen LogP contribution in [0.5, 0.6) is 5.75 Å². The molecule has 0 saturated heterocycles. The second-order valence-electron chi connectivity index (χ2n) is 6.96. The van der Waals surface area contributed by atoms with E-state index in [0.717, 1.165) is 27.5 Å². The van der Waals surface area contributed by atoms with E-state index in [9.17, 15) is 5.26 Å². The number of nitriles is 1. The van der Waals surface area contributed by atoms with E-state index in [-0.39, 0.29) is 0 Å². The number of hydrogen-bond donors (Lipinski definition) is 0. The summed E-state index contributed by atoms with van der Waals surface area (Å²) in [5, 5.41) is 13.3. The summed E-state index contributed by atoms with van der Waals surface area (Å²) < 4.78 is 5.82. The SMILES string of the molecule is N#CC(=Cc1cc(Cl)c(OCc2ccc(Cl)cc2)c(Cl)c1)c1ccc2ccccc2c1. The molecule has 0 bridgehead atoms. The molecule has 2 nitrogen and oxygen atoms in total. The average molecular weight is 465 g/mol.